The van der Waals surface area contributed by atoms with Gasteiger partial charge in [-0.2, -0.15) is 0 Å². The minimum atomic E-state index is -1.95. The highest BCUT2D eigenvalue weighted by Crippen LogP contribution is 2.53. The maximum atomic E-state index is 7.01. The molecule has 0 aliphatic carbocycles. The second-order valence-electron chi connectivity index (χ2n) is 12.1. The predicted molar refractivity (Wildman–Crippen MR) is 165 cm³/mol. The molecular formula is C28H40N3O13P3. The lowest BCUT2D eigenvalue weighted by Gasteiger charge is -2.54. The monoisotopic (exact) mass is 719 g/mol. The molecule has 6 aliphatic rings. The zero-order valence-electron chi connectivity index (χ0n) is 25.9. The normalized spacial score (nSPS) is 32.7. The molecule has 1 aromatic heterocycles. The molecule has 6 aliphatic heterocycles. The quantitative estimate of drug-likeness (QED) is 0.131. The summed E-state index contributed by atoms with van der Waals surface area (Å²) in [7, 11) is -1.25. The number of para-hydroxylation sites is 1. The van der Waals surface area contributed by atoms with Crippen molar-refractivity contribution in [2.24, 2.45) is 0 Å². The molecule has 7 heterocycles. The zero-order valence-corrected chi connectivity index (χ0v) is 28.7. The van der Waals surface area contributed by atoms with Crippen molar-refractivity contribution in [3.63, 3.8) is 0 Å². The molecule has 8 atom stereocenters. The van der Waals surface area contributed by atoms with Crippen molar-refractivity contribution < 1.29 is 61.4 Å². The van der Waals surface area contributed by atoms with E-state index in [1.165, 1.54) is 0 Å². The Morgan fingerprint density at radius 2 is 1.15 bits per heavy atom. The molecular weight excluding hydrogens is 679 g/mol. The van der Waals surface area contributed by atoms with Crippen LogP contribution in [0.25, 0.3) is 0 Å². The van der Waals surface area contributed by atoms with Crippen LogP contribution in [0.5, 0.6) is 5.75 Å². The van der Waals surface area contributed by atoms with E-state index in [1.54, 1.807) is 6.92 Å². The SMILES string of the molecule is CC(OCC1CO1)(OCC1CO1)C(OCC1CO1)(OCC1CO1)C(OCC1CO1)(OCC1CO1)n1[pH][nH]pnp1Oc1ccccc1. The predicted octanol–water partition coefficient (Wildman–Crippen LogP) is 2.29. The number of epoxide rings is 6. The van der Waals surface area contributed by atoms with Gasteiger partial charge in [0.25, 0.3) is 8.08 Å². The van der Waals surface area contributed by atoms with Crippen molar-refractivity contribution in [1.82, 2.24) is 13.1 Å². The maximum absolute atomic E-state index is 7.01. The summed E-state index contributed by atoms with van der Waals surface area (Å²) in [6.45, 7) is 6.11. The van der Waals surface area contributed by atoms with Gasteiger partial charge >= 0.3 is 11.7 Å². The zero-order chi connectivity index (χ0) is 31.7. The van der Waals surface area contributed by atoms with E-state index >= 15 is 0 Å². The number of hydrogen-bond acceptors (Lipinski definition) is 14. The summed E-state index contributed by atoms with van der Waals surface area (Å²) >= 11 is 0. The molecule has 0 amide bonds. The summed E-state index contributed by atoms with van der Waals surface area (Å²) < 4.78 is 91.9. The number of hydrogen-bond donors (Lipinski definition) is 1. The first-order valence-corrected chi connectivity index (χ1v) is 18.8. The summed E-state index contributed by atoms with van der Waals surface area (Å²) in [4.78, 5) is 0. The summed E-state index contributed by atoms with van der Waals surface area (Å²) in [6, 6.07) is 9.52. The molecule has 19 heteroatoms. The van der Waals surface area contributed by atoms with Gasteiger partial charge in [-0.1, -0.05) is 18.2 Å². The molecule has 16 nitrogen and oxygen atoms in total. The number of nitrogens with one attached hydrogen (secondary N) is 1. The summed E-state index contributed by atoms with van der Waals surface area (Å²) in [6.07, 6.45) is -0.850. The van der Waals surface area contributed by atoms with Crippen LogP contribution in [-0.2, 0) is 62.8 Å². The Bertz CT molecular complexity index is 1300. The van der Waals surface area contributed by atoms with Crippen LogP contribution >= 0.6 is 25.1 Å². The van der Waals surface area contributed by atoms with Gasteiger partial charge in [-0.15, -0.1) is 4.51 Å². The number of H-pyrrole nitrogens is 1. The fraction of sp³-hybridized carbons (Fsp3) is 0.786. The van der Waals surface area contributed by atoms with Gasteiger partial charge in [0.1, 0.15) is 50.9 Å². The largest absolute Gasteiger partial charge is 0.416 e. The van der Waals surface area contributed by atoms with Crippen LogP contribution in [0.3, 0.4) is 0 Å². The van der Waals surface area contributed by atoms with Crippen molar-refractivity contribution in [1.29, 1.82) is 0 Å². The Kier molecular flexibility index (Phi) is 9.99. The van der Waals surface area contributed by atoms with E-state index in [9.17, 15) is 0 Å². The molecule has 8 unspecified atom stereocenters. The number of aromatic amines is 1. The second-order valence-corrected chi connectivity index (χ2v) is 16.1. The van der Waals surface area contributed by atoms with Gasteiger partial charge in [-0.25, -0.2) is 4.09 Å². The van der Waals surface area contributed by atoms with Crippen molar-refractivity contribution in [3.05, 3.63) is 30.3 Å². The number of benzene rings is 1. The van der Waals surface area contributed by atoms with E-state index in [0.29, 0.717) is 53.9 Å². The van der Waals surface area contributed by atoms with Crippen LogP contribution in [-0.4, -0.2) is 141 Å². The molecule has 0 bridgehead atoms. The third kappa shape index (κ3) is 8.26. The van der Waals surface area contributed by atoms with Gasteiger partial charge < -0.3 is 65.9 Å². The lowest BCUT2D eigenvalue weighted by Crippen LogP contribution is -2.74. The van der Waals surface area contributed by atoms with E-state index in [4.69, 9.17) is 65.9 Å². The Morgan fingerprint density at radius 3 is 1.60 bits per heavy atom. The number of nitrogens with zero attached hydrogens (tertiary/aromatic N) is 2. The summed E-state index contributed by atoms with van der Waals surface area (Å²) in [5.74, 6) is -4.89. The van der Waals surface area contributed by atoms with Crippen molar-refractivity contribution in [2.75, 3.05) is 79.3 Å². The Balaban J connectivity index is 1.30. The van der Waals surface area contributed by atoms with Gasteiger partial charge in [0, 0.05) is 8.51 Å². The number of ether oxygens (including phenoxy) is 12. The Labute approximate surface area is 275 Å². The summed E-state index contributed by atoms with van der Waals surface area (Å²) in [5, 5.41) is 0. The Morgan fingerprint density at radius 1 is 0.723 bits per heavy atom. The van der Waals surface area contributed by atoms with Crippen LogP contribution in [0.15, 0.2) is 30.3 Å². The van der Waals surface area contributed by atoms with Crippen molar-refractivity contribution >= 4 is 25.1 Å². The average molecular weight is 720 g/mol. The molecule has 6 fully saturated rings. The van der Waals surface area contributed by atoms with E-state index in [2.05, 4.69) is 4.51 Å². The molecule has 2 aromatic rings. The van der Waals surface area contributed by atoms with Crippen molar-refractivity contribution in [2.45, 2.75) is 61.0 Å². The van der Waals surface area contributed by atoms with Gasteiger partial charge in [-0.05, 0) is 19.1 Å². The summed E-state index contributed by atoms with van der Waals surface area (Å²) in [5.41, 5.74) is 0. The highest BCUT2D eigenvalue weighted by Gasteiger charge is 2.73. The maximum Gasteiger partial charge on any atom is 0.328 e. The fourth-order valence-electron chi connectivity index (χ4n) is 4.85. The molecule has 0 saturated carbocycles. The second kappa shape index (κ2) is 14.2. The molecule has 47 heavy (non-hydrogen) atoms. The first-order chi connectivity index (χ1) is 23.0. The molecule has 260 valence electrons. The van der Waals surface area contributed by atoms with Gasteiger partial charge in [0.2, 0.25) is 5.79 Å². The van der Waals surface area contributed by atoms with E-state index < -0.39 is 25.6 Å². The number of rotatable bonds is 23. The fourth-order valence-corrected chi connectivity index (χ4v) is 9.28. The third-order valence-electron chi connectivity index (χ3n) is 8.10. The molecule has 8 rings (SSSR count). The molecule has 1 aromatic carbocycles. The van der Waals surface area contributed by atoms with Gasteiger partial charge in [0.05, 0.1) is 79.3 Å². The van der Waals surface area contributed by atoms with E-state index in [1.807, 2.05) is 34.4 Å². The average Bonchev–Trinajstić information content (AvgIpc) is 3.88. The molecule has 0 radical (unpaired) electrons. The van der Waals surface area contributed by atoms with Crippen LogP contribution in [0, 0.1) is 0 Å². The molecule has 0 spiro atoms. The van der Waals surface area contributed by atoms with Crippen LogP contribution < -0.4 is 4.52 Å². The van der Waals surface area contributed by atoms with Gasteiger partial charge in [0.15, 0.2) is 0 Å². The molecule has 1 N–H and O–H groups in total. The highest BCUT2D eigenvalue weighted by molar-refractivity contribution is 7.51. The first kappa shape index (κ1) is 33.0. The van der Waals surface area contributed by atoms with Crippen LogP contribution in [0.2, 0.25) is 0 Å². The molecule has 6 saturated heterocycles. The Hall–Kier alpha value is -1.16. The van der Waals surface area contributed by atoms with Crippen molar-refractivity contribution in [3.8, 4) is 5.75 Å². The topological polar surface area (TPSA) is 173 Å². The minimum Gasteiger partial charge on any atom is -0.416 e. The van der Waals surface area contributed by atoms with E-state index in [0.717, 1.165) is 0 Å². The smallest absolute Gasteiger partial charge is 0.328 e. The van der Waals surface area contributed by atoms with Crippen LogP contribution in [0.1, 0.15) is 6.92 Å². The van der Waals surface area contributed by atoms with Crippen LogP contribution in [0.4, 0.5) is 0 Å². The van der Waals surface area contributed by atoms with E-state index in [-0.39, 0.29) is 84.8 Å². The highest BCUT2D eigenvalue weighted by atomic mass is 31.2. The minimum absolute atomic E-state index is 0.104. The lowest BCUT2D eigenvalue weighted by atomic mass is 10.0. The van der Waals surface area contributed by atoms with Gasteiger partial charge in [-0.3, -0.25) is 0 Å². The lowest BCUT2D eigenvalue weighted by molar-refractivity contribution is -0.517. The standard InChI is InChI=1S/C28H40N3O13P3/c1-26(38-13-20-7-32-20,39-14-21-8-33-21)27(40-15-22-9-34-22,41-16-23-10-35-23)28(42-17-24-11-36-24,43-18-25-12-37-25)31-46-29-45-30-47(31)44-19-5-3-2-4-6-19/h2-6,20-25,46H,7-18H2,1H3,(H,29,30). The number of aromatic nitrogens is 3. The third-order valence-corrected chi connectivity index (χ3v) is 12.2. The first-order valence-electron chi connectivity index (χ1n) is 15.8.